The van der Waals surface area contributed by atoms with Gasteiger partial charge in [-0.1, -0.05) is 0 Å². The minimum absolute atomic E-state index is 0.419. The van der Waals surface area contributed by atoms with Crippen LogP contribution in [0.25, 0.3) is 0 Å². The quantitative estimate of drug-likeness (QED) is 0.342. The second kappa shape index (κ2) is 5.03. The average molecular weight is 117 g/mol. The summed E-state index contributed by atoms with van der Waals surface area (Å²) in [6.07, 6.45) is 1.08. The molecule has 0 aliphatic carbocycles. The smallest absolute Gasteiger partial charge is 0.0194 e. The summed E-state index contributed by atoms with van der Waals surface area (Å²) in [4.78, 5) is 0. The van der Waals surface area contributed by atoms with Crippen molar-refractivity contribution in [1.29, 1.82) is 0 Å². The van der Waals surface area contributed by atoms with E-state index in [4.69, 9.17) is 5.84 Å². The van der Waals surface area contributed by atoms with Crippen molar-refractivity contribution in [2.75, 3.05) is 13.6 Å². The second-order valence-corrected chi connectivity index (χ2v) is 1.96. The summed E-state index contributed by atoms with van der Waals surface area (Å²) in [5, 5.41) is 3.04. The third kappa shape index (κ3) is 4.05. The van der Waals surface area contributed by atoms with Gasteiger partial charge in [-0.3, -0.25) is 11.3 Å². The summed E-state index contributed by atoms with van der Waals surface area (Å²) >= 11 is 0. The number of hydrogen-bond acceptors (Lipinski definition) is 3. The molecule has 0 rings (SSSR count). The lowest BCUT2D eigenvalue weighted by Gasteiger charge is -2.07. The van der Waals surface area contributed by atoms with Crippen LogP contribution in [0.1, 0.15) is 13.3 Å². The zero-order valence-electron chi connectivity index (χ0n) is 5.57. The van der Waals surface area contributed by atoms with Crippen LogP contribution in [0.2, 0.25) is 0 Å². The summed E-state index contributed by atoms with van der Waals surface area (Å²) in [5.74, 6) is 5.14. The van der Waals surface area contributed by atoms with Crippen molar-refractivity contribution >= 4 is 0 Å². The summed E-state index contributed by atoms with van der Waals surface area (Å²) in [6.45, 7) is 3.07. The molecule has 1 unspecified atom stereocenters. The molecular formula is C5H15N3. The first-order valence-corrected chi connectivity index (χ1v) is 2.92. The SMILES string of the molecule is CNCCC(C)NN. The van der Waals surface area contributed by atoms with Gasteiger partial charge in [0.05, 0.1) is 0 Å². The first-order chi connectivity index (χ1) is 3.81. The maximum Gasteiger partial charge on any atom is 0.0194 e. The molecule has 4 N–H and O–H groups in total. The Hall–Kier alpha value is -0.120. The Morgan fingerprint density at radius 2 is 2.25 bits per heavy atom. The van der Waals surface area contributed by atoms with E-state index < -0.39 is 0 Å². The van der Waals surface area contributed by atoms with Crippen LogP contribution in [0.5, 0.6) is 0 Å². The maximum absolute atomic E-state index is 5.14. The highest BCUT2D eigenvalue weighted by molar-refractivity contribution is 4.55. The number of rotatable bonds is 4. The highest BCUT2D eigenvalue weighted by Gasteiger charge is 1.93. The molecule has 8 heavy (non-hydrogen) atoms. The van der Waals surface area contributed by atoms with Gasteiger partial charge in [0.1, 0.15) is 0 Å². The minimum Gasteiger partial charge on any atom is -0.320 e. The van der Waals surface area contributed by atoms with E-state index in [1.807, 2.05) is 7.05 Å². The van der Waals surface area contributed by atoms with Crippen LogP contribution in [0, 0.1) is 0 Å². The van der Waals surface area contributed by atoms with Gasteiger partial charge in [-0.05, 0) is 26.9 Å². The van der Waals surface area contributed by atoms with Crippen molar-refractivity contribution in [2.45, 2.75) is 19.4 Å². The van der Waals surface area contributed by atoms with Crippen LogP contribution in [-0.2, 0) is 0 Å². The zero-order chi connectivity index (χ0) is 6.41. The number of hydrazine groups is 1. The molecule has 0 aromatic rings. The molecule has 50 valence electrons. The van der Waals surface area contributed by atoms with Gasteiger partial charge in [-0.2, -0.15) is 0 Å². The second-order valence-electron chi connectivity index (χ2n) is 1.96. The molecule has 0 heterocycles. The van der Waals surface area contributed by atoms with Gasteiger partial charge >= 0.3 is 0 Å². The lowest BCUT2D eigenvalue weighted by Crippen LogP contribution is -2.34. The first kappa shape index (κ1) is 7.88. The summed E-state index contributed by atoms with van der Waals surface area (Å²) in [7, 11) is 1.93. The largest absolute Gasteiger partial charge is 0.320 e. The van der Waals surface area contributed by atoms with Gasteiger partial charge in [0.15, 0.2) is 0 Å². The molecule has 0 aliphatic rings. The lowest BCUT2D eigenvalue weighted by molar-refractivity contribution is 0.519. The zero-order valence-corrected chi connectivity index (χ0v) is 5.57. The topological polar surface area (TPSA) is 50.1 Å². The fraction of sp³-hybridized carbons (Fsp3) is 1.00. The molecule has 0 fully saturated rings. The van der Waals surface area contributed by atoms with E-state index in [0.29, 0.717) is 6.04 Å². The summed E-state index contributed by atoms with van der Waals surface area (Å²) in [6, 6.07) is 0.419. The molecule has 0 aromatic heterocycles. The Balaban J connectivity index is 2.86. The van der Waals surface area contributed by atoms with Gasteiger partial charge in [0.2, 0.25) is 0 Å². The molecule has 0 spiro atoms. The summed E-state index contributed by atoms with van der Waals surface area (Å²) in [5.41, 5.74) is 2.66. The molecule has 0 saturated heterocycles. The van der Waals surface area contributed by atoms with Crippen LogP contribution in [-0.4, -0.2) is 19.6 Å². The Bertz CT molecular complexity index is 46.9. The molecule has 0 radical (unpaired) electrons. The molecular weight excluding hydrogens is 102 g/mol. The normalized spacial score (nSPS) is 13.9. The summed E-state index contributed by atoms with van der Waals surface area (Å²) < 4.78 is 0. The fourth-order valence-corrected chi connectivity index (χ4v) is 0.444. The monoisotopic (exact) mass is 117 g/mol. The van der Waals surface area contributed by atoms with Crippen LogP contribution in [0.15, 0.2) is 0 Å². The molecule has 0 saturated carbocycles. The van der Waals surface area contributed by atoms with E-state index in [0.717, 1.165) is 13.0 Å². The third-order valence-corrected chi connectivity index (χ3v) is 1.11. The standard InChI is InChI=1S/C5H15N3/c1-5(8-6)3-4-7-2/h5,7-8H,3-4,6H2,1-2H3. The minimum atomic E-state index is 0.419. The molecule has 0 bridgehead atoms. The Morgan fingerprint density at radius 3 is 2.62 bits per heavy atom. The van der Waals surface area contributed by atoms with E-state index in [1.165, 1.54) is 0 Å². The average Bonchev–Trinajstić information content (AvgIpc) is 1.83. The highest BCUT2D eigenvalue weighted by Crippen LogP contribution is 1.83. The van der Waals surface area contributed by atoms with Crippen LogP contribution in [0.3, 0.4) is 0 Å². The fourth-order valence-electron chi connectivity index (χ4n) is 0.444. The highest BCUT2D eigenvalue weighted by atomic mass is 15.2. The maximum atomic E-state index is 5.14. The van der Waals surface area contributed by atoms with Gasteiger partial charge in [0, 0.05) is 6.04 Å². The van der Waals surface area contributed by atoms with Gasteiger partial charge in [0.25, 0.3) is 0 Å². The van der Waals surface area contributed by atoms with Crippen LogP contribution < -0.4 is 16.6 Å². The van der Waals surface area contributed by atoms with Crippen molar-refractivity contribution in [3.05, 3.63) is 0 Å². The molecule has 3 nitrogen and oxygen atoms in total. The number of hydrogen-bond donors (Lipinski definition) is 3. The van der Waals surface area contributed by atoms with E-state index in [9.17, 15) is 0 Å². The Morgan fingerprint density at radius 1 is 1.62 bits per heavy atom. The lowest BCUT2D eigenvalue weighted by atomic mass is 10.2. The van der Waals surface area contributed by atoms with Crippen LogP contribution in [0.4, 0.5) is 0 Å². The molecule has 0 aromatic carbocycles. The molecule has 0 aliphatic heterocycles. The van der Waals surface area contributed by atoms with Crippen molar-refractivity contribution in [2.24, 2.45) is 5.84 Å². The number of nitrogens with one attached hydrogen (secondary N) is 2. The van der Waals surface area contributed by atoms with E-state index in [1.54, 1.807) is 0 Å². The van der Waals surface area contributed by atoms with E-state index in [-0.39, 0.29) is 0 Å². The van der Waals surface area contributed by atoms with E-state index >= 15 is 0 Å². The Kier molecular flexibility index (Phi) is 4.95. The van der Waals surface area contributed by atoms with Crippen molar-refractivity contribution in [1.82, 2.24) is 10.7 Å². The van der Waals surface area contributed by atoms with Gasteiger partial charge in [-0.25, -0.2) is 0 Å². The first-order valence-electron chi connectivity index (χ1n) is 2.92. The van der Waals surface area contributed by atoms with Gasteiger partial charge < -0.3 is 5.32 Å². The van der Waals surface area contributed by atoms with Crippen molar-refractivity contribution in [3.8, 4) is 0 Å². The van der Waals surface area contributed by atoms with Crippen molar-refractivity contribution < 1.29 is 0 Å². The molecule has 3 heteroatoms. The third-order valence-electron chi connectivity index (χ3n) is 1.11. The predicted octanol–water partition coefficient (Wildman–Crippen LogP) is -0.552. The number of nitrogens with two attached hydrogens (primary N) is 1. The molecule has 0 amide bonds. The van der Waals surface area contributed by atoms with Gasteiger partial charge in [-0.15, -0.1) is 0 Å². The predicted molar refractivity (Wildman–Crippen MR) is 35.3 cm³/mol. The van der Waals surface area contributed by atoms with Crippen LogP contribution >= 0.6 is 0 Å². The van der Waals surface area contributed by atoms with Crippen molar-refractivity contribution in [3.63, 3.8) is 0 Å². The molecule has 1 atom stereocenters. The Labute approximate surface area is 50.6 Å². The van der Waals surface area contributed by atoms with E-state index in [2.05, 4.69) is 17.7 Å².